The summed E-state index contributed by atoms with van der Waals surface area (Å²) < 4.78 is 62.1. The molecule has 11 heteroatoms. The molecule has 2 heterocycles. The fourth-order valence-electron chi connectivity index (χ4n) is 5.35. The number of halogens is 4. The summed E-state index contributed by atoms with van der Waals surface area (Å²) in [6, 6.07) is 6.65. The fourth-order valence-corrected chi connectivity index (χ4v) is 5.35. The summed E-state index contributed by atoms with van der Waals surface area (Å²) in [5.74, 6) is -3.68. The second kappa shape index (κ2) is 12.3. The summed E-state index contributed by atoms with van der Waals surface area (Å²) in [7, 11) is 5.15. The number of ether oxygens (including phenoxy) is 1. The van der Waals surface area contributed by atoms with Crippen molar-refractivity contribution < 1.29 is 32.2 Å². The van der Waals surface area contributed by atoms with Crippen molar-refractivity contribution in [3.05, 3.63) is 59.5 Å². The molecule has 1 saturated heterocycles. The standard InChI is InChI=1S/C29H34F4N4O3/c1-36(2)25-17-35-23-5-4-19(40-3)16-20(23)26(25)21(31)6-7-29(28(38)39)8-11-37(12-9-29)13-10-34-24-15-18(30)14-22(32)27(24)33/h4-5,14-17,21,34H,6-13H2,1-3H3,(H,38,39)/t21-/m1/s1. The van der Waals surface area contributed by atoms with Gasteiger partial charge in [-0.05, 0) is 57.0 Å². The highest BCUT2D eigenvalue weighted by atomic mass is 19.2. The molecule has 2 N–H and O–H groups in total. The maximum absolute atomic E-state index is 16.0. The number of rotatable bonds is 11. The number of nitrogens with zero attached hydrogens (tertiary/aromatic N) is 3. The van der Waals surface area contributed by atoms with Crippen molar-refractivity contribution in [3.63, 3.8) is 0 Å². The van der Waals surface area contributed by atoms with Crippen LogP contribution in [0.1, 0.15) is 37.4 Å². The third-order valence-electron chi connectivity index (χ3n) is 7.77. The van der Waals surface area contributed by atoms with Gasteiger partial charge in [-0.1, -0.05) is 0 Å². The van der Waals surface area contributed by atoms with Crippen molar-refractivity contribution in [2.24, 2.45) is 5.41 Å². The smallest absolute Gasteiger partial charge is 0.309 e. The van der Waals surface area contributed by atoms with Gasteiger partial charge in [-0.25, -0.2) is 17.6 Å². The maximum atomic E-state index is 16.0. The average Bonchev–Trinajstić information content (AvgIpc) is 2.93. The zero-order valence-corrected chi connectivity index (χ0v) is 22.8. The Balaban J connectivity index is 1.41. The van der Waals surface area contributed by atoms with Gasteiger partial charge in [0, 0.05) is 50.3 Å². The summed E-state index contributed by atoms with van der Waals surface area (Å²) in [6.45, 7) is 1.54. The number of piperidine rings is 1. The lowest BCUT2D eigenvalue weighted by Crippen LogP contribution is -2.45. The number of fused-ring (bicyclic) bond motifs is 1. The molecule has 0 spiro atoms. The topological polar surface area (TPSA) is 77.9 Å². The highest BCUT2D eigenvalue weighted by molar-refractivity contribution is 5.88. The van der Waals surface area contributed by atoms with Crippen LogP contribution in [0.15, 0.2) is 36.5 Å². The van der Waals surface area contributed by atoms with Crippen LogP contribution >= 0.6 is 0 Å². The number of aliphatic carboxylic acids is 1. The first-order valence-electron chi connectivity index (χ1n) is 13.2. The van der Waals surface area contributed by atoms with Gasteiger partial charge in [-0.2, -0.15) is 0 Å². The second-order valence-corrected chi connectivity index (χ2v) is 10.4. The lowest BCUT2D eigenvalue weighted by molar-refractivity contribution is -0.153. The number of benzene rings is 2. The van der Waals surface area contributed by atoms with Gasteiger partial charge in [-0.15, -0.1) is 0 Å². The predicted octanol–water partition coefficient (Wildman–Crippen LogP) is 5.80. The molecule has 0 saturated carbocycles. The normalized spacial score (nSPS) is 16.1. The number of carbonyl (C=O) groups is 1. The highest BCUT2D eigenvalue weighted by Crippen LogP contribution is 2.43. The molecule has 0 radical (unpaired) electrons. The molecule has 2 aromatic carbocycles. The van der Waals surface area contributed by atoms with Crippen molar-refractivity contribution in [3.8, 4) is 5.75 Å². The minimum absolute atomic E-state index is 0.0232. The van der Waals surface area contributed by atoms with Crippen LogP contribution in [0.2, 0.25) is 0 Å². The first-order chi connectivity index (χ1) is 19.0. The van der Waals surface area contributed by atoms with Crippen molar-refractivity contribution >= 4 is 28.2 Å². The third-order valence-corrected chi connectivity index (χ3v) is 7.77. The summed E-state index contributed by atoms with van der Waals surface area (Å²) in [6.07, 6.45) is 1.03. The minimum atomic E-state index is -1.42. The summed E-state index contributed by atoms with van der Waals surface area (Å²) in [5.41, 5.74) is 0.361. The summed E-state index contributed by atoms with van der Waals surface area (Å²) in [4.78, 5) is 20.6. The van der Waals surface area contributed by atoms with E-state index >= 15 is 4.39 Å². The van der Waals surface area contributed by atoms with Crippen molar-refractivity contribution in [2.45, 2.75) is 31.9 Å². The number of pyridine rings is 1. The van der Waals surface area contributed by atoms with Crippen LogP contribution in [0.5, 0.6) is 5.75 Å². The molecule has 0 aliphatic carbocycles. The van der Waals surface area contributed by atoms with Crippen LogP contribution in [0, 0.1) is 22.9 Å². The van der Waals surface area contributed by atoms with E-state index < -0.39 is 35.0 Å². The van der Waals surface area contributed by atoms with E-state index in [0.717, 1.165) is 6.07 Å². The third kappa shape index (κ3) is 6.24. The number of alkyl halides is 1. The van der Waals surface area contributed by atoms with E-state index in [0.29, 0.717) is 66.4 Å². The molecule has 3 aromatic rings. The molecule has 1 fully saturated rings. The zero-order valence-electron chi connectivity index (χ0n) is 22.8. The molecule has 216 valence electrons. The Kier molecular flexibility index (Phi) is 9.02. The maximum Gasteiger partial charge on any atom is 0.309 e. The van der Waals surface area contributed by atoms with Crippen LogP contribution < -0.4 is 15.0 Å². The fraction of sp³-hybridized carbons (Fsp3) is 0.448. The Morgan fingerprint density at radius 2 is 1.93 bits per heavy atom. The molecule has 1 aromatic heterocycles. The van der Waals surface area contributed by atoms with E-state index in [-0.39, 0.29) is 25.1 Å². The van der Waals surface area contributed by atoms with E-state index in [9.17, 15) is 23.1 Å². The zero-order chi connectivity index (χ0) is 29.0. The number of anilines is 2. The SMILES string of the molecule is COc1ccc2ncc(N(C)C)c([C@H](F)CCC3(C(=O)O)CCN(CCNc4cc(F)cc(F)c4F)CC3)c2c1. The monoisotopic (exact) mass is 562 g/mol. The van der Waals surface area contributed by atoms with Crippen LogP contribution in [0.3, 0.4) is 0 Å². The van der Waals surface area contributed by atoms with Crippen LogP contribution in [0.4, 0.5) is 28.9 Å². The van der Waals surface area contributed by atoms with Crippen LogP contribution in [0.25, 0.3) is 10.9 Å². The summed E-state index contributed by atoms with van der Waals surface area (Å²) >= 11 is 0. The van der Waals surface area contributed by atoms with Crippen molar-refractivity contribution in [1.82, 2.24) is 9.88 Å². The molecule has 1 atom stereocenters. The van der Waals surface area contributed by atoms with Gasteiger partial charge in [0.05, 0.1) is 35.6 Å². The molecule has 0 bridgehead atoms. The van der Waals surface area contributed by atoms with E-state index in [2.05, 4.69) is 10.3 Å². The first-order valence-corrected chi connectivity index (χ1v) is 13.2. The Morgan fingerprint density at radius 1 is 1.20 bits per heavy atom. The van der Waals surface area contributed by atoms with Gasteiger partial charge in [0.1, 0.15) is 17.7 Å². The van der Waals surface area contributed by atoms with Gasteiger partial charge < -0.3 is 25.0 Å². The number of aromatic nitrogens is 1. The number of carboxylic acid groups (broad SMARTS) is 1. The molecule has 4 rings (SSSR count). The molecule has 0 unspecified atom stereocenters. The quantitative estimate of drug-likeness (QED) is 0.226. The Bertz CT molecular complexity index is 1360. The van der Waals surface area contributed by atoms with E-state index in [1.807, 2.05) is 19.0 Å². The van der Waals surface area contributed by atoms with Gasteiger partial charge in [0.2, 0.25) is 0 Å². The first kappa shape index (κ1) is 29.4. The minimum Gasteiger partial charge on any atom is -0.497 e. The number of likely N-dealkylation sites (tertiary alicyclic amines) is 1. The van der Waals surface area contributed by atoms with Gasteiger partial charge in [0.25, 0.3) is 0 Å². The number of methoxy groups -OCH3 is 1. The van der Waals surface area contributed by atoms with Crippen LogP contribution in [-0.4, -0.2) is 68.3 Å². The largest absolute Gasteiger partial charge is 0.497 e. The number of hydrogen-bond acceptors (Lipinski definition) is 6. The molecular weight excluding hydrogens is 528 g/mol. The number of nitrogens with one attached hydrogen (secondary N) is 1. The number of carboxylic acids is 1. The lowest BCUT2D eigenvalue weighted by Gasteiger charge is -2.39. The van der Waals surface area contributed by atoms with Crippen molar-refractivity contribution in [1.29, 1.82) is 0 Å². The van der Waals surface area contributed by atoms with Crippen molar-refractivity contribution in [2.75, 3.05) is 57.6 Å². The van der Waals surface area contributed by atoms with Gasteiger partial charge in [-0.3, -0.25) is 9.78 Å². The molecule has 40 heavy (non-hydrogen) atoms. The molecule has 0 amide bonds. The predicted molar refractivity (Wildman–Crippen MR) is 146 cm³/mol. The number of hydrogen-bond donors (Lipinski definition) is 2. The highest BCUT2D eigenvalue weighted by Gasteiger charge is 2.42. The average molecular weight is 563 g/mol. The van der Waals surface area contributed by atoms with E-state index in [1.54, 1.807) is 29.3 Å². The van der Waals surface area contributed by atoms with E-state index in [1.165, 1.54) is 7.11 Å². The van der Waals surface area contributed by atoms with Gasteiger partial charge >= 0.3 is 5.97 Å². The lowest BCUT2D eigenvalue weighted by atomic mass is 9.74. The molecular formula is C29H34F4N4O3. The molecule has 1 aliphatic rings. The Morgan fingerprint density at radius 3 is 2.58 bits per heavy atom. The second-order valence-electron chi connectivity index (χ2n) is 10.4. The van der Waals surface area contributed by atoms with Gasteiger partial charge in [0.15, 0.2) is 11.6 Å². The Hall–Kier alpha value is -3.60. The summed E-state index contributed by atoms with van der Waals surface area (Å²) in [5, 5.41) is 13.5. The van der Waals surface area contributed by atoms with Crippen LogP contribution in [-0.2, 0) is 4.79 Å². The Labute approximate surface area is 230 Å². The van der Waals surface area contributed by atoms with E-state index in [4.69, 9.17) is 4.74 Å². The molecule has 7 nitrogen and oxygen atoms in total. The molecule has 1 aliphatic heterocycles.